The molecule has 1 atom stereocenters. The van der Waals surface area contributed by atoms with Gasteiger partial charge in [0.2, 0.25) is 11.5 Å². The summed E-state index contributed by atoms with van der Waals surface area (Å²) < 4.78 is 0. The standard InChI is InChI=1S/C10H15NO4/c1-2-3-4-5-7(12)10(15)6-8(13)11-9(10)14/h15H,2-6H2,1H3,(H,11,13,14). The predicted octanol–water partition coefficient (Wildman–Crippen LogP) is -0.0866. The van der Waals surface area contributed by atoms with Crippen molar-refractivity contribution in [1.29, 1.82) is 0 Å². The molecule has 1 heterocycles. The van der Waals surface area contributed by atoms with E-state index in [0.29, 0.717) is 6.42 Å². The number of Topliss-reactive ketones (excluding diaryl/α,β-unsaturated/α-hetero) is 1. The second kappa shape index (κ2) is 4.53. The Kier molecular flexibility index (Phi) is 3.57. The van der Waals surface area contributed by atoms with Crippen molar-refractivity contribution in [3.63, 3.8) is 0 Å². The van der Waals surface area contributed by atoms with Gasteiger partial charge in [-0.2, -0.15) is 0 Å². The van der Waals surface area contributed by atoms with Gasteiger partial charge in [0, 0.05) is 6.42 Å². The first kappa shape index (κ1) is 11.8. The molecule has 1 unspecified atom stereocenters. The number of imide groups is 1. The molecule has 1 rings (SSSR count). The largest absolute Gasteiger partial charge is 0.373 e. The lowest BCUT2D eigenvalue weighted by Crippen LogP contribution is -2.45. The zero-order chi connectivity index (χ0) is 11.5. The van der Waals surface area contributed by atoms with Gasteiger partial charge >= 0.3 is 0 Å². The number of unbranched alkanes of at least 4 members (excludes halogenated alkanes) is 2. The third kappa shape index (κ3) is 2.41. The molecule has 0 aromatic rings. The van der Waals surface area contributed by atoms with Crippen LogP contribution in [0.25, 0.3) is 0 Å². The zero-order valence-corrected chi connectivity index (χ0v) is 8.71. The summed E-state index contributed by atoms with van der Waals surface area (Å²) in [7, 11) is 0. The van der Waals surface area contributed by atoms with E-state index in [4.69, 9.17) is 0 Å². The van der Waals surface area contributed by atoms with Crippen molar-refractivity contribution >= 4 is 17.6 Å². The van der Waals surface area contributed by atoms with Gasteiger partial charge in [0.1, 0.15) is 0 Å². The van der Waals surface area contributed by atoms with Gasteiger partial charge in [0.25, 0.3) is 5.91 Å². The molecule has 2 amide bonds. The van der Waals surface area contributed by atoms with Gasteiger partial charge in [-0.05, 0) is 6.42 Å². The molecule has 5 nitrogen and oxygen atoms in total. The number of rotatable bonds is 5. The van der Waals surface area contributed by atoms with Crippen LogP contribution in [0.5, 0.6) is 0 Å². The molecule has 0 saturated carbocycles. The second-order valence-electron chi connectivity index (χ2n) is 3.79. The van der Waals surface area contributed by atoms with Crippen molar-refractivity contribution < 1.29 is 19.5 Å². The number of ketones is 1. The molecule has 1 saturated heterocycles. The normalized spacial score (nSPS) is 25.5. The molecular weight excluding hydrogens is 198 g/mol. The summed E-state index contributed by atoms with van der Waals surface area (Å²) in [5, 5.41) is 11.6. The van der Waals surface area contributed by atoms with Crippen LogP contribution in [0.15, 0.2) is 0 Å². The molecule has 1 aliphatic heterocycles. The highest BCUT2D eigenvalue weighted by molar-refractivity contribution is 6.20. The van der Waals surface area contributed by atoms with E-state index in [1.165, 1.54) is 0 Å². The number of hydrogen-bond acceptors (Lipinski definition) is 4. The molecule has 0 aromatic carbocycles. The van der Waals surface area contributed by atoms with Crippen molar-refractivity contribution in [1.82, 2.24) is 5.32 Å². The van der Waals surface area contributed by atoms with E-state index in [-0.39, 0.29) is 6.42 Å². The molecule has 84 valence electrons. The SMILES string of the molecule is CCCCCC(=O)C1(O)CC(=O)NC1=O. The van der Waals surface area contributed by atoms with E-state index in [0.717, 1.165) is 12.8 Å². The molecule has 1 aliphatic rings. The lowest BCUT2D eigenvalue weighted by atomic mass is 9.92. The van der Waals surface area contributed by atoms with E-state index in [2.05, 4.69) is 0 Å². The average Bonchev–Trinajstić information content (AvgIpc) is 2.42. The maximum Gasteiger partial charge on any atom is 0.266 e. The molecular formula is C10H15NO4. The van der Waals surface area contributed by atoms with Crippen molar-refractivity contribution in [2.24, 2.45) is 0 Å². The molecule has 0 bridgehead atoms. The van der Waals surface area contributed by atoms with Crippen LogP contribution in [0.4, 0.5) is 0 Å². The molecule has 0 spiro atoms. The van der Waals surface area contributed by atoms with Crippen molar-refractivity contribution in [3.8, 4) is 0 Å². The van der Waals surface area contributed by atoms with Crippen molar-refractivity contribution in [2.75, 3.05) is 0 Å². The fourth-order valence-corrected chi connectivity index (χ4v) is 1.55. The molecule has 2 N–H and O–H groups in total. The fourth-order valence-electron chi connectivity index (χ4n) is 1.55. The van der Waals surface area contributed by atoms with E-state index in [1.54, 1.807) is 0 Å². The van der Waals surface area contributed by atoms with Crippen LogP contribution in [0, 0.1) is 0 Å². The Morgan fingerprint density at radius 2 is 2.13 bits per heavy atom. The molecule has 1 fully saturated rings. The van der Waals surface area contributed by atoms with Crippen LogP contribution in [0.1, 0.15) is 39.0 Å². The monoisotopic (exact) mass is 213 g/mol. The van der Waals surface area contributed by atoms with Crippen molar-refractivity contribution in [3.05, 3.63) is 0 Å². The third-order valence-electron chi connectivity index (χ3n) is 2.51. The summed E-state index contributed by atoms with van der Waals surface area (Å²) in [5.41, 5.74) is -2.11. The molecule has 0 radical (unpaired) electrons. The first-order valence-corrected chi connectivity index (χ1v) is 5.10. The molecule has 0 aromatic heterocycles. The molecule has 5 heteroatoms. The summed E-state index contributed by atoms with van der Waals surface area (Å²) in [5.74, 6) is -2.03. The van der Waals surface area contributed by atoms with Crippen molar-refractivity contribution in [2.45, 2.75) is 44.6 Å². The number of nitrogens with one attached hydrogen (secondary N) is 1. The van der Waals surface area contributed by atoms with Crippen LogP contribution in [0.2, 0.25) is 0 Å². The van der Waals surface area contributed by atoms with Crippen LogP contribution in [-0.2, 0) is 14.4 Å². The van der Waals surface area contributed by atoms with Gasteiger partial charge in [-0.3, -0.25) is 19.7 Å². The third-order valence-corrected chi connectivity index (χ3v) is 2.51. The van der Waals surface area contributed by atoms with Gasteiger partial charge in [-0.1, -0.05) is 19.8 Å². The Balaban J connectivity index is 2.58. The van der Waals surface area contributed by atoms with Crippen LogP contribution >= 0.6 is 0 Å². The Hall–Kier alpha value is -1.23. The van der Waals surface area contributed by atoms with E-state index < -0.39 is 29.6 Å². The number of aliphatic hydroxyl groups is 1. The predicted molar refractivity (Wildman–Crippen MR) is 51.9 cm³/mol. The van der Waals surface area contributed by atoms with Crippen LogP contribution in [-0.4, -0.2) is 28.3 Å². The number of carbonyl (C=O) groups excluding carboxylic acids is 3. The lowest BCUT2D eigenvalue weighted by Gasteiger charge is -2.15. The van der Waals surface area contributed by atoms with Gasteiger partial charge in [0.15, 0.2) is 5.78 Å². The average molecular weight is 213 g/mol. The van der Waals surface area contributed by atoms with E-state index >= 15 is 0 Å². The van der Waals surface area contributed by atoms with E-state index in [9.17, 15) is 19.5 Å². The summed E-state index contributed by atoms with van der Waals surface area (Å²) in [6.45, 7) is 1.99. The number of carbonyl (C=O) groups is 3. The highest BCUT2D eigenvalue weighted by Gasteiger charge is 2.50. The first-order valence-electron chi connectivity index (χ1n) is 5.10. The lowest BCUT2D eigenvalue weighted by molar-refractivity contribution is -0.149. The zero-order valence-electron chi connectivity index (χ0n) is 8.71. The summed E-state index contributed by atoms with van der Waals surface area (Å²) in [6, 6.07) is 0. The molecule has 0 aliphatic carbocycles. The summed E-state index contributed by atoms with van der Waals surface area (Å²) in [4.78, 5) is 33.6. The second-order valence-corrected chi connectivity index (χ2v) is 3.79. The Morgan fingerprint density at radius 3 is 2.60 bits per heavy atom. The Labute approximate surface area is 87.8 Å². The Morgan fingerprint density at radius 1 is 1.47 bits per heavy atom. The smallest absolute Gasteiger partial charge is 0.266 e. The minimum absolute atomic E-state index is 0.144. The maximum atomic E-state index is 11.5. The first-order chi connectivity index (χ1) is 7.00. The molecule has 15 heavy (non-hydrogen) atoms. The van der Waals surface area contributed by atoms with Crippen LogP contribution in [0.3, 0.4) is 0 Å². The van der Waals surface area contributed by atoms with Gasteiger partial charge in [-0.15, -0.1) is 0 Å². The summed E-state index contributed by atoms with van der Waals surface area (Å²) in [6.07, 6.45) is 2.18. The quantitative estimate of drug-likeness (QED) is 0.380. The fraction of sp³-hybridized carbons (Fsp3) is 0.700. The van der Waals surface area contributed by atoms with Crippen LogP contribution < -0.4 is 5.32 Å². The van der Waals surface area contributed by atoms with Gasteiger partial charge in [-0.25, -0.2) is 0 Å². The number of hydrogen-bond donors (Lipinski definition) is 2. The topological polar surface area (TPSA) is 83.5 Å². The maximum absolute atomic E-state index is 11.5. The van der Waals surface area contributed by atoms with E-state index in [1.807, 2.05) is 12.2 Å². The summed E-state index contributed by atoms with van der Waals surface area (Å²) >= 11 is 0. The van der Waals surface area contributed by atoms with Gasteiger partial charge in [0.05, 0.1) is 6.42 Å². The van der Waals surface area contributed by atoms with Gasteiger partial charge < -0.3 is 5.11 Å². The Bertz CT molecular complexity index is 300. The number of amides is 2. The minimum atomic E-state index is -2.11. The highest BCUT2D eigenvalue weighted by atomic mass is 16.3. The highest BCUT2D eigenvalue weighted by Crippen LogP contribution is 2.20. The minimum Gasteiger partial charge on any atom is -0.373 e.